The molecule has 14 heavy (non-hydrogen) atoms. The van der Waals surface area contributed by atoms with E-state index < -0.39 is 6.43 Å². The van der Waals surface area contributed by atoms with Crippen molar-refractivity contribution in [2.24, 2.45) is 4.99 Å². The van der Waals surface area contributed by atoms with Gasteiger partial charge in [-0.25, -0.2) is 8.78 Å². The van der Waals surface area contributed by atoms with Crippen LogP contribution >= 0.6 is 0 Å². The molecule has 0 bridgehead atoms. The average molecular weight is 197 g/mol. The first-order valence-electron chi connectivity index (χ1n) is 4.52. The quantitative estimate of drug-likeness (QED) is 0.660. The van der Waals surface area contributed by atoms with Crippen LogP contribution in [0.15, 0.2) is 35.3 Å². The number of halogens is 2. The van der Waals surface area contributed by atoms with E-state index >= 15 is 0 Å². The Kier molecular flexibility index (Phi) is 3.74. The average Bonchev–Trinajstić information content (AvgIpc) is 2.15. The van der Waals surface area contributed by atoms with Gasteiger partial charge in [-0.2, -0.15) is 0 Å². The second kappa shape index (κ2) is 4.84. The summed E-state index contributed by atoms with van der Waals surface area (Å²) in [7, 11) is 0. The van der Waals surface area contributed by atoms with Crippen molar-refractivity contribution in [2.45, 2.75) is 26.3 Å². The fourth-order valence-electron chi connectivity index (χ4n) is 1.14. The summed E-state index contributed by atoms with van der Waals surface area (Å²) in [4.78, 5) is 3.91. The predicted octanol–water partition coefficient (Wildman–Crippen LogP) is 3.15. The number of aliphatic imine (C=N–C) groups is 1. The van der Waals surface area contributed by atoms with Gasteiger partial charge in [0.15, 0.2) is 0 Å². The lowest BCUT2D eigenvalue weighted by Gasteiger charge is -2.07. The van der Waals surface area contributed by atoms with E-state index in [1.165, 1.54) is 0 Å². The third kappa shape index (κ3) is 2.91. The molecule has 0 aliphatic heterocycles. The summed E-state index contributed by atoms with van der Waals surface area (Å²) < 4.78 is 25.2. The van der Waals surface area contributed by atoms with Crippen LogP contribution in [0, 0.1) is 0 Å². The van der Waals surface area contributed by atoms with Crippen molar-refractivity contribution in [1.82, 2.24) is 0 Å². The van der Waals surface area contributed by atoms with E-state index in [1.807, 2.05) is 0 Å². The highest BCUT2D eigenvalue weighted by atomic mass is 19.3. The SMILES string of the molecule is CC(C)N=C(c1ccccc1)C(F)F. The van der Waals surface area contributed by atoms with Gasteiger partial charge >= 0.3 is 0 Å². The van der Waals surface area contributed by atoms with Gasteiger partial charge in [-0.05, 0) is 13.8 Å². The van der Waals surface area contributed by atoms with Crippen LogP contribution in [0.4, 0.5) is 8.78 Å². The maximum absolute atomic E-state index is 12.6. The molecule has 1 aromatic carbocycles. The molecule has 0 spiro atoms. The van der Waals surface area contributed by atoms with Crippen LogP contribution in [0.3, 0.4) is 0 Å². The van der Waals surface area contributed by atoms with Gasteiger partial charge in [-0.15, -0.1) is 0 Å². The Labute approximate surface area is 82.5 Å². The number of alkyl halides is 2. The van der Waals surface area contributed by atoms with Crippen LogP contribution in [-0.2, 0) is 0 Å². The van der Waals surface area contributed by atoms with Gasteiger partial charge in [-0.3, -0.25) is 4.99 Å². The molecule has 0 aromatic heterocycles. The molecule has 0 unspecified atom stereocenters. The smallest absolute Gasteiger partial charge is 0.280 e. The van der Waals surface area contributed by atoms with Crippen molar-refractivity contribution in [2.75, 3.05) is 0 Å². The lowest BCUT2D eigenvalue weighted by molar-refractivity contribution is 0.225. The minimum atomic E-state index is -2.51. The van der Waals surface area contributed by atoms with E-state index in [4.69, 9.17) is 0 Å². The molecule has 0 N–H and O–H groups in total. The van der Waals surface area contributed by atoms with Crippen molar-refractivity contribution in [3.8, 4) is 0 Å². The molecule has 0 aliphatic rings. The van der Waals surface area contributed by atoms with Crippen molar-refractivity contribution in [1.29, 1.82) is 0 Å². The van der Waals surface area contributed by atoms with E-state index in [-0.39, 0.29) is 11.8 Å². The summed E-state index contributed by atoms with van der Waals surface area (Å²) in [5, 5.41) is 0. The molecule has 1 rings (SSSR count). The molecule has 1 aromatic rings. The molecule has 0 saturated carbocycles. The van der Waals surface area contributed by atoms with Crippen LogP contribution in [0.5, 0.6) is 0 Å². The van der Waals surface area contributed by atoms with Crippen LogP contribution in [0.25, 0.3) is 0 Å². The topological polar surface area (TPSA) is 12.4 Å². The highest BCUT2D eigenvalue weighted by Gasteiger charge is 2.15. The number of hydrogen-bond donors (Lipinski definition) is 0. The Morgan fingerprint density at radius 2 is 1.71 bits per heavy atom. The molecule has 0 amide bonds. The van der Waals surface area contributed by atoms with Gasteiger partial charge in [0.05, 0.1) is 0 Å². The molecule has 1 nitrogen and oxygen atoms in total. The number of nitrogens with zero attached hydrogens (tertiary/aromatic N) is 1. The molecule has 0 atom stereocenters. The fraction of sp³-hybridized carbons (Fsp3) is 0.364. The van der Waals surface area contributed by atoms with E-state index in [2.05, 4.69) is 4.99 Å². The lowest BCUT2D eigenvalue weighted by Crippen LogP contribution is -2.14. The maximum Gasteiger partial charge on any atom is 0.280 e. The van der Waals surface area contributed by atoms with E-state index in [0.717, 1.165) is 0 Å². The summed E-state index contributed by atoms with van der Waals surface area (Å²) in [5.41, 5.74) is 0.372. The van der Waals surface area contributed by atoms with Gasteiger partial charge < -0.3 is 0 Å². The van der Waals surface area contributed by atoms with Crippen molar-refractivity contribution in [3.63, 3.8) is 0 Å². The highest BCUT2D eigenvalue weighted by Crippen LogP contribution is 2.10. The lowest BCUT2D eigenvalue weighted by atomic mass is 10.1. The zero-order valence-electron chi connectivity index (χ0n) is 8.24. The van der Waals surface area contributed by atoms with Crippen LogP contribution in [-0.4, -0.2) is 18.2 Å². The molecular weight excluding hydrogens is 184 g/mol. The van der Waals surface area contributed by atoms with Gasteiger partial charge in [-0.1, -0.05) is 30.3 Å². The molecular formula is C11H13F2N. The Balaban J connectivity index is 3.01. The monoisotopic (exact) mass is 197 g/mol. The van der Waals surface area contributed by atoms with Crippen molar-refractivity contribution >= 4 is 5.71 Å². The Hall–Kier alpha value is -1.25. The second-order valence-electron chi connectivity index (χ2n) is 3.27. The van der Waals surface area contributed by atoms with Crippen LogP contribution in [0.2, 0.25) is 0 Å². The summed E-state index contributed by atoms with van der Waals surface area (Å²) in [6, 6.07) is 8.43. The van der Waals surface area contributed by atoms with E-state index in [1.54, 1.807) is 44.2 Å². The first-order valence-corrected chi connectivity index (χ1v) is 4.52. The zero-order valence-corrected chi connectivity index (χ0v) is 8.24. The summed E-state index contributed by atoms with van der Waals surface area (Å²) in [6.07, 6.45) is -2.51. The Morgan fingerprint density at radius 1 is 1.14 bits per heavy atom. The minimum Gasteiger partial charge on any atom is -0.280 e. The largest absolute Gasteiger partial charge is 0.280 e. The van der Waals surface area contributed by atoms with Gasteiger partial charge in [0, 0.05) is 11.6 Å². The molecule has 0 saturated heterocycles. The van der Waals surface area contributed by atoms with Crippen LogP contribution in [0.1, 0.15) is 19.4 Å². The molecule has 0 aliphatic carbocycles. The molecule has 3 heteroatoms. The second-order valence-corrected chi connectivity index (χ2v) is 3.27. The Morgan fingerprint density at radius 3 is 2.14 bits per heavy atom. The van der Waals surface area contributed by atoms with E-state index in [9.17, 15) is 8.78 Å². The first-order chi connectivity index (χ1) is 6.61. The zero-order chi connectivity index (χ0) is 10.6. The summed E-state index contributed by atoms with van der Waals surface area (Å²) >= 11 is 0. The van der Waals surface area contributed by atoms with Gasteiger partial charge in [0.1, 0.15) is 5.71 Å². The molecule has 0 radical (unpaired) electrons. The number of rotatable bonds is 3. The summed E-state index contributed by atoms with van der Waals surface area (Å²) in [6.45, 7) is 3.57. The third-order valence-electron chi connectivity index (χ3n) is 1.67. The third-order valence-corrected chi connectivity index (χ3v) is 1.67. The molecule has 0 fully saturated rings. The van der Waals surface area contributed by atoms with Crippen molar-refractivity contribution in [3.05, 3.63) is 35.9 Å². The number of hydrogen-bond acceptors (Lipinski definition) is 1. The number of benzene rings is 1. The minimum absolute atomic E-state index is 0.112. The Bertz CT molecular complexity index is 304. The highest BCUT2D eigenvalue weighted by molar-refractivity contribution is 6.02. The molecule has 0 heterocycles. The molecule has 76 valence electrons. The normalized spacial score (nSPS) is 12.6. The first kappa shape index (κ1) is 10.8. The van der Waals surface area contributed by atoms with Gasteiger partial charge in [0.2, 0.25) is 0 Å². The summed E-state index contributed by atoms with van der Waals surface area (Å²) in [5.74, 6) is 0. The maximum atomic E-state index is 12.6. The van der Waals surface area contributed by atoms with Gasteiger partial charge in [0.25, 0.3) is 6.43 Å². The predicted molar refractivity (Wildman–Crippen MR) is 54.1 cm³/mol. The van der Waals surface area contributed by atoms with Crippen LogP contribution < -0.4 is 0 Å². The standard InChI is InChI=1S/C11H13F2N/c1-8(2)14-10(11(12)13)9-6-4-3-5-7-9/h3-8,11H,1-2H3. The van der Waals surface area contributed by atoms with E-state index in [0.29, 0.717) is 5.56 Å². The van der Waals surface area contributed by atoms with Crippen molar-refractivity contribution < 1.29 is 8.78 Å². The fourth-order valence-corrected chi connectivity index (χ4v) is 1.14.